The lowest BCUT2D eigenvalue weighted by molar-refractivity contribution is -0.116. The molecule has 2 N–H and O–H groups in total. The maximum absolute atomic E-state index is 14.2. The zero-order valence-electron chi connectivity index (χ0n) is 13.2. The number of hydrogen-bond acceptors (Lipinski definition) is 3. The number of carbonyl (C=O) groups excluding carboxylic acids is 2. The van der Waals surface area contributed by atoms with E-state index in [1.807, 2.05) is 0 Å². The molecule has 0 aromatic heterocycles. The van der Waals surface area contributed by atoms with Crippen molar-refractivity contribution in [3.05, 3.63) is 58.9 Å². The van der Waals surface area contributed by atoms with Crippen molar-refractivity contribution in [2.45, 2.75) is 19.4 Å². The first-order valence-corrected chi connectivity index (χ1v) is 7.59. The van der Waals surface area contributed by atoms with Crippen LogP contribution < -0.4 is 10.6 Å². The summed E-state index contributed by atoms with van der Waals surface area (Å²) in [5.74, 6) is -1.07. The largest absolute Gasteiger partial charge is 0.380 e. The van der Waals surface area contributed by atoms with Gasteiger partial charge in [-0.25, -0.2) is 4.39 Å². The Morgan fingerprint density at radius 3 is 2.88 bits per heavy atom. The van der Waals surface area contributed by atoms with Gasteiger partial charge >= 0.3 is 0 Å². The molecule has 3 rings (SSSR count). The van der Waals surface area contributed by atoms with E-state index >= 15 is 0 Å². The van der Waals surface area contributed by atoms with Gasteiger partial charge < -0.3 is 15.4 Å². The van der Waals surface area contributed by atoms with Crippen LogP contribution in [-0.2, 0) is 22.6 Å². The smallest absolute Gasteiger partial charge is 0.256 e. The Morgan fingerprint density at radius 2 is 2.08 bits per heavy atom. The molecule has 2 aromatic carbocycles. The molecule has 2 aromatic rings. The Hall–Kier alpha value is -2.73. The Balaban J connectivity index is 1.87. The summed E-state index contributed by atoms with van der Waals surface area (Å²) in [4.78, 5) is 23.9. The first-order valence-electron chi connectivity index (χ1n) is 7.59. The average Bonchev–Trinajstić information content (AvgIpc) is 2.56. The van der Waals surface area contributed by atoms with Crippen LogP contribution in [0.3, 0.4) is 0 Å². The molecule has 0 bridgehead atoms. The third kappa shape index (κ3) is 3.28. The van der Waals surface area contributed by atoms with Crippen LogP contribution in [0.25, 0.3) is 0 Å². The third-order valence-corrected chi connectivity index (χ3v) is 3.90. The minimum atomic E-state index is -0.525. The maximum Gasteiger partial charge on any atom is 0.256 e. The Bertz CT molecular complexity index is 805. The molecule has 0 radical (unpaired) electrons. The third-order valence-electron chi connectivity index (χ3n) is 3.90. The first kappa shape index (κ1) is 16.1. The molecular weight excluding hydrogens is 311 g/mol. The van der Waals surface area contributed by atoms with Gasteiger partial charge in [-0.2, -0.15) is 0 Å². The summed E-state index contributed by atoms with van der Waals surface area (Å²) in [7, 11) is 1.54. The number of anilines is 2. The number of methoxy groups -OCH3 is 1. The summed E-state index contributed by atoms with van der Waals surface area (Å²) in [6, 6.07) is 9.78. The van der Waals surface area contributed by atoms with Gasteiger partial charge in [-0.3, -0.25) is 9.59 Å². The molecule has 5 nitrogen and oxygen atoms in total. The number of carbonyl (C=O) groups is 2. The summed E-state index contributed by atoms with van der Waals surface area (Å²) in [6.07, 6.45) is 0.825. The molecular formula is C18H17FN2O3. The van der Waals surface area contributed by atoms with Crippen LogP contribution >= 0.6 is 0 Å². The van der Waals surface area contributed by atoms with E-state index < -0.39 is 11.7 Å². The zero-order valence-corrected chi connectivity index (χ0v) is 13.2. The van der Waals surface area contributed by atoms with Gasteiger partial charge in [0.15, 0.2) is 0 Å². The number of ether oxygens (including phenoxy) is 1. The van der Waals surface area contributed by atoms with E-state index in [1.165, 1.54) is 12.1 Å². The number of rotatable bonds is 4. The lowest BCUT2D eigenvalue weighted by atomic mass is 10.0. The summed E-state index contributed by atoms with van der Waals surface area (Å²) in [5.41, 5.74) is 2.43. The molecule has 1 aliphatic heterocycles. The van der Waals surface area contributed by atoms with Gasteiger partial charge in [0.1, 0.15) is 5.82 Å². The lowest BCUT2D eigenvalue weighted by Crippen LogP contribution is -2.20. The fraction of sp³-hybridized carbons (Fsp3) is 0.222. The number of halogens is 1. The van der Waals surface area contributed by atoms with Gasteiger partial charge in [0.25, 0.3) is 5.91 Å². The molecule has 1 heterocycles. The van der Waals surface area contributed by atoms with Crippen molar-refractivity contribution in [3.63, 3.8) is 0 Å². The lowest BCUT2D eigenvalue weighted by Gasteiger charge is -2.18. The minimum absolute atomic E-state index is 0.0353. The molecule has 6 heteroatoms. The van der Waals surface area contributed by atoms with Crippen LogP contribution in [0, 0.1) is 5.82 Å². The number of amides is 2. The van der Waals surface area contributed by atoms with Gasteiger partial charge in [0, 0.05) is 24.8 Å². The topological polar surface area (TPSA) is 67.4 Å². The molecule has 1 aliphatic rings. The van der Waals surface area contributed by atoms with E-state index in [1.54, 1.807) is 31.4 Å². The zero-order chi connectivity index (χ0) is 17.1. The average molecular weight is 328 g/mol. The number of fused-ring (bicyclic) bond motifs is 1. The van der Waals surface area contributed by atoms with Crippen molar-refractivity contribution >= 4 is 23.2 Å². The van der Waals surface area contributed by atoms with Gasteiger partial charge in [-0.05, 0) is 35.7 Å². The molecule has 0 spiro atoms. The first-order chi connectivity index (χ1) is 11.6. The summed E-state index contributed by atoms with van der Waals surface area (Å²) in [6.45, 7) is 0.284. The molecule has 124 valence electrons. The highest BCUT2D eigenvalue weighted by Gasteiger charge is 2.19. The Morgan fingerprint density at radius 1 is 1.29 bits per heavy atom. The molecule has 2 amide bonds. The van der Waals surface area contributed by atoms with Crippen molar-refractivity contribution < 1.29 is 18.7 Å². The molecule has 0 fully saturated rings. The quantitative estimate of drug-likeness (QED) is 0.906. The van der Waals surface area contributed by atoms with Gasteiger partial charge in [-0.1, -0.05) is 18.2 Å². The van der Waals surface area contributed by atoms with Crippen molar-refractivity contribution in [1.29, 1.82) is 0 Å². The second-order valence-corrected chi connectivity index (χ2v) is 5.58. The van der Waals surface area contributed by atoms with E-state index in [0.717, 1.165) is 5.56 Å². The Labute approximate surface area is 138 Å². The van der Waals surface area contributed by atoms with E-state index in [-0.39, 0.29) is 18.2 Å². The second kappa shape index (κ2) is 6.80. The van der Waals surface area contributed by atoms with E-state index in [4.69, 9.17) is 4.74 Å². The van der Waals surface area contributed by atoms with Crippen molar-refractivity contribution in [3.8, 4) is 0 Å². The molecule has 24 heavy (non-hydrogen) atoms. The van der Waals surface area contributed by atoms with E-state index in [2.05, 4.69) is 10.6 Å². The maximum atomic E-state index is 14.2. The van der Waals surface area contributed by atoms with Gasteiger partial charge in [0.05, 0.1) is 12.3 Å². The van der Waals surface area contributed by atoms with Gasteiger partial charge in [-0.15, -0.1) is 0 Å². The highest BCUT2D eigenvalue weighted by atomic mass is 19.1. The van der Waals surface area contributed by atoms with Crippen molar-refractivity contribution in [2.24, 2.45) is 0 Å². The van der Waals surface area contributed by atoms with E-state index in [0.29, 0.717) is 29.7 Å². The normalized spacial score (nSPS) is 13.2. The standard InChI is InChI=1S/C18H17FN2O3/c1-24-10-12-4-2-3-5-13(12)18(23)21-16-9-15-11(8-14(16)19)6-7-17(22)20-15/h2-5,8-9H,6-7,10H2,1H3,(H,20,22)(H,21,23). The van der Waals surface area contributed by atoms with Crippen LogP contribution in [-0.4, -0.2) is 18.9 Å². The molecule has 0 unspecified atom stereocenters. The molecule has 0 saturated heterocycles. The highest BCUT2D eigenvalue weighted by Crippen LogP contribution is 2.29. The highest BCUT2D eigenvalue weighted by molar-refractivity contribution is 6.06. The number of hydrogen-bond donors (Lipinski definition) is 2. The van der Waals surface area contributed by atoms with Crippen LogP contribution in [0.1, 0.15) is 27.9 Å². The van der Waals surface area contributed by atoms with Gasteiger partial charge in [0.2, 0.25) is 5.91 Å². The SMILES string of the molecule is COCc1ccccc1C(=O)Nc1cc2c(cc1F)CCC(=O)N2. The Kier molecular flexibility index (Phi) is 4.57. The molecule has 0 saturated carbocycles. The van der Waals surface area contributed by atoms with Crippen molar-refractivity contribution in [2.75, 3.05) is 17.7 Å². The fourth-order valence-corrected chi connectivity index (χ4v) is 2.71. The van der Waals surface area contributed by atoms with Crippen LogP contribution in [0.15, 0.2) is 36.4 Å². The molecule has 0 atom stereocenters. The monoisotopic (exact) mass is 328 g/mol. The minimum Gasteiger partial charge on any atom is -0.380 e. The number of nitrogens with one attached hydrogen (secondary N) is 2. The number of benzene rings is 2. The van der Waals surface area contributed by atoms with E-state index in [9.17, 15) is 14.0 Å². The van der Waals surface area contributed by atoms with Crippen LogP contribution in [0.5, 0.6) is 0 Å². The predicted octanol–water partition coefficient (Wildman–Crippen LogP) is 3.11. The summed E-state index contributed by atoms with van der Waals surface area (Å²) < 4.78 is 19.3. The summed E-state index contributed by atoms with van der Waals surface area (Å²) in [5, 5.41) is 5.26. The second-order valence-electron chi connectivity index (χ2n) is 5.58. The van der Waals surface area contributed by atoms with Crippen molar-refractivity contribution in [1.82, 2.24) is 0 Å². The van der Waals surface area contributed by atoms with Crippen LogP contribution in [0.4, 0.5) is 15.8 Å². The van der Waals surface area contributed by atoms with Crippen LogP contribution in [0.2, 0.25) is 0 Å². The molecule has 0 aliphatic carbocycles. The number of aryl methyl sites for hydroxylation is 1. The summed E-state index contributed by atoms with van der Waals surface area (Å²) >= 11 is 0. The predicted molar refractivity (Wildman–Crippen MR) is 88.5 cm³/mol. The fourth-order valence-electron chi connectivity index (χ4n) is 2.71.